The predicted octanol–water partition coefficient (Wildman–Crippen LogP) is 6.65. The monoisotopic (exact) mass is 456 g/mol. The number of carboxylic acids is 1. The number of aromatic nitrogens is 2. The van der Waals surface area contributed by atoms with Gasteiger partial charge in [-0.05, 0) is 31.2 Å². The zero-order valence-corrected chi connectivity index (χ0v) is 20.3. The van der Waals surface area contributed by atoms with Crippen LogP contribution >= 0.6 is 0 Å². The van der Waals surface area contributed by atoms with Crippen molar-refractivity contribution < 1.29 is 19.4 Å². The Morgan fingerprint density at radius 2 is 1.45 bits per heavy atom. The minimum atomic E-state index is -0.768. The Bertz CT molecular complexity index is 778. The Balaban J connectivity index is 1.74. The van der Waals surface area contributed by atoms with Gasteiger partial charge in [0, 0.05) is 18.8 Å². The van der Waals surface area contributed by atoms with Crippen molar-refractivity contribution in [2.45, 2.75) is 84.0 Å². The van der Waals surface area contributed by atoms with Crippen LogP contribution in [0.3, 0.4) is 0 Å². The summed E-state index contributed by atoms with van der Waals surface area (Å²) in [5.74, 6) is 0.0184. The van der Waals surface area contributed by atoms with Crippen LogP contribution in [0.25, 0.3) is 11.4 Å². The van der Waals surface area contributed by atoms with Gasteiger partial charge in [0.1, 0.15) is 0 Å². The Labute approximate surface area is 198 Å². The zero-order valence-electron chi connectivity index (χ0n) is 20.3. The average Bonchev–Trinajstić information content (AvgIpc) is 2.83. The molecule has 0 aliphatic rings. The van der Waals surface area contributed by atoms with E-state index in [1.54, 1.807) is 12.4 Å². The van der Waals surface area contributed by atoms with Crippen LogP contribution < -0.4 is 4.74 Å². The first-order chi connectivity index (χ1) is 16.2. The summed E-state index contributed by atoms with van der Waals surface area (Å²) < 4.78 is 11.4. The molecule has 1 aromatic heterocycles. The van der Waals surface area contributed by atoms with E-state index < -0.39 is 11.9 Å². The molecule has 1 N–H and O–H groups in total. The molecule has 0 saturated heterocycles. The van der Waals surface area contributed by atoms with Gasteiger partial charge in [-0.1, -0.05) is 76.6 Å². The molecular weight excluding hydrogens is 416 g/mol. The van der Waals surface area contributed by atoms with E-state index in [2.05, 4.69) is 23.8 Å². The maximum atomic E-state index is 11.6. The first kappa shape index (κ1) is 26.8. The molecule has 0 aliphatic heterocycles. The molecule has 6 heteroatoms. The number of nitrogens with zero attached hydrogens (tertiary/aromatic N) is 2. The topological polar surface area (TPSA) is 81.5 Å². The van der Waals surface area contributed by atoms with Gasteiger partial charge in [0.25, 0.3) is 0 Å². The number of unbranched alkanes of at least 4 members (excludes halogenated alkanes) is 6. The molecule has 182 valence electrons. The number of hydrogen-bond acceptors (Lipinski definition) is 5. The lowest BCUT2D eigenvalue weighted by Crippen LogP contribution is -2.11. The van der Waals surface area contributed by atoms with E-state index in [1.807, 2.05) is 24.3 Å². The van der Waals surface area contributed by atoms with Crippen molar-refractivity contribution in [1.29, 1.82) is 0 Å². The Hall–Kier alpha value is -2.47. The summed E-state index contributed by atoms with van der Waals surface area (Å²) in [5, 5.41) is 9.57. The van der Waals surface area contributed by atoms with E-state index in [-0.39, 0.29) is 0 Å². The van der Waals surface area contributed by atoms with Crippen molar-refractivity contribution in [2.24, 2.45) is 0 Å². The molecule has 0 spiro atoms. The predicted molar refractivity (Wildman–Crippen MR) is 132 cm³/mol. The summed E-state index contributed by atoms with van der Waals surface area (Å²) in [7, 11) is 0. The van der Waals surface area contributed by atoms with Crippen LogP contribution in [0, 0.1) is 0 Å². The largest absolute Gasteiger partial charge is 0.490 e. The van der Waals surface area contributed by atoms with E-state index >= 15 is 0 Å². The highest BCUT2D eigenvalue weighted by atomic mass is 16.5. The van der Waals surface area contributed by atoms with E-state index in [4.69, 9.17) is 9.47 Å². The fourth-order valence-electron chi connectivity index (χ4n) is 3.66. The summed E-state index contributed by atoms with van der Waals surface area (Å²) in [6.07, 6.45) is 13.9. The molecule has 0 saturated carbocycles. The van der Waals surface area contributed by atoms with Crippen molar-refractivity contribution in [3.05, 3.63) is 42.2 Å². The van der Waals surface area contributed by atoms with E-state index in [0.717, 1.165) is 62.9 Å². The molecule has 2 rings (SSSR count). The lowest BCUT2D eigenvalue weighted by Gasteiger charge is -2.13. The van der Waals surface area contributed by atoms with Crippen molar-refractivity contribution in [3.63, 3.8) is 0 Å². The summed E-state index contributed by atoms with van der Waals surface area (Å²) in [6.45, 7) is 6.58. The molecule has 1 aromatic carbocycles. The Kier molecular flexibility index (Phi) is 13.1. The van der Waals surface area contributed by atoms with E-state index in [0.29, 0.717) is 24.6 Å². The maximum absolute atomic E-state index is 11.6. The molecule has 6 nitrogen and oxygen atoms in total. The summed E-state index contributed by atoms with van der Waals surface area (Å²) >= 11 is 0. The molecule has 33 heavy (non-hydrogen) atoms. The fraction of sp³-hybridized carbons (Fsp3) is 0.593. The van der Waals surface area contributed by atoms with Gasteiger partial charge in [-0.25, -0.2) is 9.97 Å². The molecule has 1 atom stereocenters. The minimum absolute atomic E-state index is 0.464. The highest BCUT2D eigenvalue weighted by molar-refractivity contribution is 5.76. The number of benzene rings is 1. The smallest absolute Gasteiger partial charge is 0.310 e. The summed E-state index contributed by atoms with van der Waals surface area (Å²) in [4.78, 5) is 20.5. The SMILES string of the molecule is CCCCCCOCCCCOc1cnc(-c2ccc(C(CCCCC)C(=O)O)cc2)nc1. The van der Waals surface area contributed by atoms with Gasteiger partial charge in [-0.2, -0.15) is 0 Å². The van der Waals surface area contributed by atoms with Gasteiger partial charge in [-0.15, -0.1) is 0 Å². The van der Waals surface area contributed by atoms with Crippen molar-refractivity contribution in [2.75, 3.05) is 19.8 Å². The third-order valence-corrected chi connectivity index (χ3v) is 5.69. The van der Waals surface area contributed by atoms with Crippen LogP contribution in [-0.4, -0.2) is 40.9 Å². The fourth-order valence-corrected chi connectivity index (χ4v) is 3.66. The third kappa shape index (κ3) is 10.3. The highest BCUT2D eigenvalue weighted by Crippen LogP contribution is 2.25. The van der Waals surface area contributed by atoms with Crippen LogP contribution in [0.1, 0.15) is 89.5 Å². The quantitative estimate of drug-likeness (QED) is 0.253. The van der Waals surface area contributed by atoms with Gasteiger partial charge in [0.15, 0.2) is 11.6 Å². The maximum Gasteiger partial charge on any atom is 0.310 e. The second-order valence-corrected chi connectivity index (χ2v) is 8.48. The number of carboxylic acid groups (broad SMARTS) is 1. The van der Waals surface area contributed by atoms with Gasteiger partial charge >= 0.3 is 5.97 Å². The van der Waals surface area contributed by atoms with Crippen LogP contribution in [0.4, 0.5) is 0 Å². The zero-order chi connectivity index (χ0) is 23.7. The molecule has 1 unspecified atom stereocenters. The number of aliphatic carboxylic acids is 1. The van der Waals surface area contributed by atoms with E-state index in [9.17, 15) is 9.90 Å². The first-order valence-electron chi connectivity index (χ1n) is 12.5. The van der Waals surface area contributed by atoms with Crippen LogP contribution in [-0.2, 0) is 9.53 Å². The van der Waals surface area contributed by atoms with Gasteiger partial charge in [-0.3, -0.25) is 4.79 Å². The average molecular weight is 457 g/mol. The number of hydrogen-bond donors (Lipinski definition) is 1. The molecule has 0 bridgehead atoms. The van der Waals surface area contributed by atoms with Crippen LogP contribution in [0.5, 0.6) is 5.75 Å². The molecule has 1 heterocycles. The Morgan fingerprint density at radius 3 is 2.09 bits per heavy atom. The third-order valence-electron chi connectivity index (χ3n) is 5.69. The van der Waals surface area contributed by atoms with Crippen LogP contribution in [0.2, 0.25) is 0 Å². The Morgan fingerprint density at radius 1 is 0.848 bits per heavy atom. The van der Waals surface area contributed by atoms with Crippen LogP contribution in [0.15, 0.2) is 36.7 Å². The summed E-state index contributed by atoms with van der Waals surface area (Å²) in [6, 6.07) is 7.53. The van der Waals surface area contributed by atoms with Gasteiger partial charge in [0.05, 0.1) is 24.9 Å². The van der Waals surface area contributed by atoms with Crippen molar-refractivity contribution >= 4 is 5.97 Å². The molecule has 0 aliphatic carbocycles. The van der Waals surface area contributed by atoms with E-state index in [1.165, 1.54) is 19.3 Å². The first-order valence-corrected chi connectivity index (χ1v) is 12.5. The molecule has 0 fully saturated rings. The summed E-state index contributed by atoms with van der Waals surface area (Å²) in [5.41, 5.74) is 1.69. The number of rotatable bonds is 18. The lowest BCUT2D eigenvalue weighted by atomic mass is 9.92. The highest BCUT2D eigenvalue weighted by Gasteiger charge is 2.19. The molecule has 0 radical (unpaired) electrons. The van der Waals surface area contributed by atoms with Gasteiger partial charge < -0.3 is 14.6 Å². The number of carbonyl (C=O) groups is 1. The molecule has 2 aromatic rings. The second kappa shape index (κ2) is 16.2. The second-order valence-electron chi connectivity index (χ2n) is 8.48. The lowest BCUT2D eigenvalue weighted by molar-refractivity contribution is -0.139. The van der Waals surface area contributed by atoms with Crippen molar-refractivity contribution in [1.82, 2.24) is 9.97 Å². The normalized spacial score (nSPS) is 11.9. The standard InChI is InChI=1S/C27H40N2O4/c1-3-5-7-9-17-32-18-10-11-19-33-24-20-28-26(29-21-24)23-15-13-22(14-16-23)25(27(30)31)12-8-6-4-2/h13-16,20-21,25H,3-12,17-19H2,1-2H3,(H,30,31). The molecule has 0 amide bonds. The van der Waals surface area contributed by atoms with Gasteiger partial charge in [0.2, 0.25) is 0 Å². The molecular formula is C27H40N2O4. The van der Waals surface area contributed by atoms with Crippen molar-refractivity contribution in [3.8, 4) is 17.1 Å². The number of ether oxygens (including phenoxy) is 2. The minimum Gasteiger partial charge on any atom is -0.490 e.